The number of anilines is 1. The van der Waals surface area contributed by atoms with Crippen LogP contribution in [-0.4, -0.2) is 41.9 Å². The van der Waals surface area contributed by atoms with Crippen molar-refractivity contribution in [2.45, 2.75) is 50.2 Å². The lowest BCUT2D eigenvalue weighted by Gasteiger charge is -2.24. The molecule has 0 bridgehead atoms. The summed E-state index contributed by atoms with van der Waals surface area (Å²) in [5.74, 6) is -2.36. The van der Waals surface area contributed by atoms with Gasteiger partial charge < -0.3 is 10.1 Å². The maximum atomic E-state index is 14.1. The summed E-state index contributed by atoms with van der Waals surface area (Å²) < 4.78 is 46.9. The van der Waals surface area contributed by atoms with E-state index < -0.39 is 35.7 Å². The Labute approximate surface area is 207 Å². The number of halogens is 3. The van der Waals surface area contributed by atoms with Crippen LogP contribution >= 0.6 is 0 Å². The van der Waals surface area contributed by atoms with Crippen LogP contribution in [0.2, 0.25) is 0 Å². The molecule has 4 heterocycles. The van der Waals surface area contributed by atoms with Crippen LogP contribution in [-0.2, 0) is 10.2 Å². The maximum absolute atomic E-state index is 14.1. The van der Waals surface area contributed by atoms with Gasteiger partial charge in [0.25, 0.3) is 0 Å². The molecule has 13 heteroatoms. The van der Waals surface area contributed by atoms with E-state index in [1.54, 1.807) is 18.5 Å². The fraction of sp³-hybridized carbons (Fsp3) is 0.333. The lowest BCUT2D eigenvalue weighted by Crippen LogP contribution is -2.25. The summed E-state index contributed by atoms with van der Waals surface area (Å²) in [5, 5.41) is 20.5. The molecule has 4 aromatic heterocycles. The fourth-order valence-electron chi connectivity index (χ4n) is 5.00. The van der Waals surface area contributed by atoms with Crippen LogP contribution < -0.4 is 10.1 Å². The molecule has 0 spiro atoms. The molecule has 10 nitrogen and oxygen atoms in total. The smallest absolute Gasteiger partial charge is 0.388 e. The summed E-state index contributed by atoms with van der Waals surface area (Å²) in [5.41, 5.74) is 1.53. The van der Waals surface area contributed by atoms with E-state index >= 15 is 0 Å². The number of carbonyl (C=O) groups excluding carboxylic acids is 1. The molecule has 1 fully saturated rings. The highest BCUT2D eigenvalue weighted by Gasteiger charge is 2.48. The van der Waals surface area contributed by atoms with Crippen LogP contribution in [0.5, 0.6) is 5.88 Å². The van der Waals surface area contributed by atoms with Crippen molar-refractivity contribution < 1.29 is 22.7 Å². The Hall–Kier alpha value is -4.47. The SMILES string of the molecule is CC1(c2cnn(C3CC3)c2)CC(C(=O)Nc2cnc(OC(F)F)c(C#N)c2)c2cnc3cc(F)nn3c21. The number of alkyl halides is 2. The van der Waals surface area contributed by atoms with E-state index in [1.807, 2.05) is 17.8 Å². The van der Waals surface area contributed by atoms with Gasteiger partial charge in [-0.1, -0.05) is 0 Å². The number of nitrogens with one attached hydrogen (secondary N) is 1. The average molecular weight is 508 g/mol. The van der Waals surface area contributed by atoms with E-state index in [4.69, 9.17) is 0 Å². The zero-order chi connectivity index (χ0) is 25.9. The van der Waals surface area contributed by atoms with E-state index in [0.717, 1.165) is 24.6 Å². The first-order chi connectivity index (χ1) is 17.8. The van der Waals surface area contributed by atoms with Gasteiger partial charge in [-0.15, -0.1) is 5.10 Å². The second kappa shape index (κ2) is 8.29. The topological polar surface area (TPSA) is 123 Å². The second-order valence-electron chi connectivity index (χ2n) is 9.38. The zero-order valence-corrected chi connectivity index (χ0v) is 19.4. The standard InChI is InChI=1S/C24H19F3N8O2/c1-24(13-8-31-34(11-13)15-2-3-15)6-16(17-10-29-19-5-18(25)33-35(19)20(17)24)21(36)32-14-4-12(7-28)22(30-9-14)37-23(26)27/h4-5,8-11,15-16,23H,2-3,6H2,1H3,(H,32,36). The molecule has 2 atom stereocenters. The minimum Gasteiger partial charge on any atom is -0.415 e. The number of hydrogen-bond acceptors (Lipinski definition) is 7. The molecule has 6 rings (SSSR count). The lowest BCUT2D eigenvalue weighted by molar-refractivity contribution is -0.117. The third-order valence-electron chi connectivity index (χ3n) is 6.91. The molecular formula is C24H19F3N8O2. The summed E-state index contributed by atoms with van der Waals surface area (Å²) in [4.78, 5) is 21.5. The Morgan fingerprint density at radius 2 is 2.08 bits per heavy atom. The zero-order valence-electron chi connectivity index (χ0n) is 19.4. The van der Waals surface area contributed by atoms with E-state index in [-0.39, 0.29) is 11.3 Å². The number of rotatable bonds is 6. The molecule has 2 unspecified atom stereocenters. The number of aromatic nitrogens is 6. The minimum absolute atomic E-state index is 0.138. The Kier molecular flexibility index (Phi) is 5.15. The summed E-state index contributed by atoms with van der Waals surface area (Å²) >= 11 is 0. The van der Waals surface area contributed by atoms with Gasteiger partial charge in [0.15, 0.2) is 5.65 Å². The van der Waals surface area contributed by atoms with Gasteiger partial charge in [0.1, 0.15) is 11.6 Å². The van der Waals surface area contributed by atoms with Gasteiger partial charge in [0.05, 0.1) is 35.7 Å². The summed E-state index contributed by atoms with van der Waals surface area (Å²) in [7, 11) is 0. The van der Waals surface area contributed by atoms with Crippen LogP contribution in [0.15, 0.2) is 36.9 Å². The van der Waals surface area contributed by atoms with Crippen molar-refractivity contribution in [3.8, 4) is 11.9 Å². The van der Waals surface area contributed by atoms with E-state index in [9.17, 15) is 23.2 Å². The van der Waals surface area contributed by atoms with E-state index in [1.165, 1.54) is 16.6 Å². The first-order valence-corrected chi connectivity index (χ1v) is 11.5. The second-order valence-corrected chi connectivity index (χ2v) is 9.38. The van der Waals surface area contributed by atoms with Gasteiger partial charge >= 0.3 is 6.61 Å². The molecule has 188 valence electrons. The molecule has 2 aliphatic rings. The number of carbonyl (C=O) groups is 1. The summed E-state index contributed by atoms with van der Waals surface area (Å²) in [6, 6.07) is 4.52. The number of fused-ring (bicyclic) bond motifs is 3. The van der Waals surface area contributed by atoms with Crippen molar-refractivity contribution in [2.24, 2.45) is 0 Å². The summed E-state index contributed by atoms with van der Waals surface area (Å²) in [6.07, 6.45) is 8.83. The molecule has 0 aromatic carbocycles. The van der Waals surface area contributed by atoms with Gasteiger partial charge in [-0.05, 0) is 32.3 Å². The molecule has 37 heavy (non-hydrogen) atoms. The summed E-state index contributed by atoms with van der Waals surface area (Å²) in [6.45, 7) is -1.19. The van der Waals surface area contributed by atoms with Gasteiger partial charge in [0.2, 0.25) is 17.7 Å². The molecule has 1 saturated carbocycles. The van der Waals surface area contributed by atoms with Crippen LogP contribution in [0.4, 0.5) is 18.9 Å². The fourth-order valence-corrected chi connectivity index (χ4v) is 5.00. The molecule has 1 amide bonds. The normalized spacial score (nSPS) is 20.7. The minimum atomic E-state index is -3.14. The third kappa shape index (κ3) is 3.85. The number of ether oxygens (including phenoxy) is 1. The van der Waals surface area contributed by atoms with Crippen molar-refractivity contribution in [3.63, 3.8) is 0 Å². The largest absolute Gasteiger partial charge is 0.415 e. The van der Waals surface area contributed by atoms with Crippen molar-refractivity contribution in [3.05, 3.63) is 65.3 Å². The molecule has 4 aromatic rings. The Bertz CT molecular complexity index is 1590. The van der Waals surface area contributed by atoms with Gasteiger partial charge in [-0.2, -0.15) is 23.5 Å². The van der Waals surface area contributed by atoms with Gasteiger partial charge in [-0.3, -0.25) is 9.48 Å². The van der Waals surface area contributed by atoms with Gasteiger partial charge in [-0.25, -0.2) is 14.5 Å². The van der Waals surface area contributed by atoms with Crippen LogP contribution in [0.25, 0.3) is 5.65 Å². The van der Waals surface area contributed by atoms with Crippen LogP contribution in [0.1, 0.15) is 60.5 Å². The maximum Gasteiger partial charge on any atom is 0.388 e. The van der Waals surface area contributed by atoms with Crippen LogP contribution in [0.3, 0.4) is 0 Å². The first kappa shape index (κ1) is 23.0. The third-order valence-corrected chi connectivity index (χ3v) is 6.91. The highest BCUT2D eigenvalue weighted by Crippen LogP contribution is 2.50. The molecular weight excluding hydrogens is 489 g/mol. The highest BCUT2D eigenvalue weighted by atomic mass is 19.3. The van der Waals surface area contributed by atoms with Crippen molar-refractivity contribution in [1.29, 1.82) is 5.26 Å². The van der Waals surface area contributed by atoms with Crippen molar-refractivity contribution in [1.82, 2.24) is 29.4 Å². The Morgan fingerprint density at radius 1 is 1.27 bits per heavy atom. The van der Waals surface area contributed by atoms with E-state index in [0.29, 0.717) is 29.4 Å². The van der Waals surface area contributed by atoms with Gasteiger partial charge in [0, 0.05) is 35.0 Å². The highest BCUT2D eigenvalue weighted by molar-refractivity contribution is 5.97. The number of nitrogens with zero attached hydrogens (tertiary/aromatic N) is 7. The number of nitriles is 1. The Balaban J connectivity index is 1.38. The predicted octanol–water partition coefficient (Wildman–Crippen LogP) is 3.70. The quantitative estimate of drug-likeness (QED) is 0.421. The van der Waals surface area contributed by atoms with Crippen LogP contribution in [0, 0.1) is 17.3 Å². The molecule has 0 saturated heterocycles. The molecule has 0 radical (unpaired) electrons. The Morgan fingerprint density at radius 3 is 2.81 bits per heavy atom. The van der Waals surface area contributed by atoms with Crippen molar-refractivity contribution in [2.75, 3.05) is 5.32 Å². The van der Waals surface area contributed by atoms with Crippen molar-refractivity contribution >= 4 is 17.2 Å². The molecule has 1 N–H and O–H groups in total. The number of amides is 1. The van der Waals surface area contributed by atoms with E-state index in [2.05, 4.69) is 30.2 Å². The average Bonchev–Trinajstić information content (AvgIpc) is 3.31. The first-order valence-electron chi connectivity index (χ1n) is 11.5. The predicted molar refractivity (Wildman–Crippen MR) is 121 cm³/mol. The number of hydrogen-bond donors (Lipinski definition) is 1. The number of pyridine rings is 1. The molecule has 2 aliphatic carbocycles. The molecule has 0 aliphatic heterocycles. The lowest BCUT2D eigenvalue weighted by atomic mass is 9.80. The monoisotopic (exact) mass is 508 g/mol.